The van der Waals surface area contributed by atoms with E-state index in [1.165, 1.54) is 0 Å². The van der Waals surface area contributed by atoms with E-state index in [9.17, 15) is 9.59 Å². The minimum Gasteiger partial charge on any atom is -0.338 e. The number of halogens is 1. The number of hydrogen-bond acceptors (Lipinski definition) is 4. The SMILES string of the molecule is O=C(CCc1nc2ccccc2[nH]c1=O)N1CCc2[nH]nc(-c3ccc(Cl)cc3)c2C1. The Bertz CT molecular complexity index is 1330. The van der Waals surface area contributed by atoms with Crippen LogP contribution in [0.15, 0.2) is 53.3 Å². The van der Waals surface area contributed by atoms with Crippen LogP contribution in [0.1, 0.15) is 23.4 Å². The van der Waals surface area contributed by atoms with Gasteiger partial charge < -0.3 is 9.88 Å². The molecule has 0 saturated carbocycles. The van der Waals surface area contributed by atoms with Gasteiger partial charge in [-0.1, -0.05) is 35.9 Å². The summed E-state index contributed by atoms with van der Waals surface area (Å²) in [6.07, 6.45) is 1.26. The van der Waals surface area contributed by atoms with Crippen LogP contribution in [0, 0.1) is 0 Å². The highest BCUT2D eigenvalue weighted by Crippen LogP contribution is 2.29. The third-order valence-electron chi connectivity index (χ3n) is 5.65. The van der Waals surface area contributed by atoms with E-state index in [2.05, 4.69) is 20.2 Å². The van der Waals surface area contributed by atoms with E-state index in [-0.39, 0.29) is 17.9 Å². The second-order valence-electron chi connectivity index (χ2n) is 7.63. The van der Waals surface area contributed by atoms with E-state index in [1.54, 1.807) is 0 Å². The summed E-state index contributed by atoms with van der Waals surface area (Å²) >= 11 is 6.00. The van der Waals surface area contributed by atoms with Crippen molar-refractivity contribution in [2.24, 2.45) is 0 Å². The van der Waals surface area contributed by atoms with Crippen LogP contribution in [0.4, 0.5) is 0 Å². The van der Waals surface area contributed by atoms with Crippen molar-refractivity contribution in [2.75, 3.05) is 6.54 Å². The number of H-pyrrole nitrogens is 2. The van der Waals surface area contributed by atoms with Crippen LogP contribution in [-0.2, 0) is 24.2 Å². The molecule has 156 valence electrons. The molecule has 4 aromatic rings. The molecule has 8 heteroatoms. The minimum atomic E-state index is -0.243. The lowest BCUT2D eigenvalue weighted by Gasteiger charge is -2.27. The van der Waals surface area contributed by atoms with Gasteiger partial charge in [0.2, 0.25) is 5.91 Å². The minimum absolute atomic E-state index is 0.00302. The molecule has 7 nitrogen and oxygen atoms in total. The number of aryl methyl sites for hydroxylation is 1. The summed E-state index contributed by atoms with van der Waals surface area (Å²) < 4.78 is 0. The van der Waals surface area contributed by atoms with Crippen molar-refractivity contribution in [1.82, 2.24) is 25.1 Å². The first-order valence-corrected chi connectivity index (χ1v) is 10.5. The summed E-state index contributed by atoms with van der Waals surface area (Å²) in [6.45, 7) is 1.11. The number of hydrogen-bond donors (Lipinski definition) is 2. The molecule has 0 radical (unpaired) electrons. The van der Waals surface area contributed by atoms with Gasteiger partial charge in [0.1, 0.15) is 5.69 Å². The number of nitrogens with one attached hydrogen (secondary N) is 2. The van der Waals surface area contributed by atoms with E-state index in [1.807, 2.05) is 53.4 Å². The van der Waals surface area contributed by atoms with Crippen LogP contribution in [0.5, 0.6) is 0 Å². The molecular weight excluding hydrogens is 414 g/mol. The van der Waals surface area contributed by atoms with E-state index in [0.29, 0.717) is 35.7 Å². The molecular formula is C23H20ClN5O2. The first-order chi connectivity index (χ1) is 15.1. The molecule has 0 fully saturated rings. The molecule has 3 heterocycles. The maximum atomic E-state index is 12.9. The van der Waals surface area contributed by atoms with Gasteiger partial charge in [0.05, 0.1) is 16.7 Å². The fourth-order valence-corrected chi connectivity index (χ4v) is 4.10. The number of benzene rings is 2. The summed E-state index contributed by atoms with van der Waals surface area (Å²) in [7, 11) is 0. The van der Waals surface area contributed by atoms with Crippen LogP contribution in [0.25, 0.3) is 22.3 Å². The van der Waals surface area contributed by atoms with E-state index < -0.39 is 0 Å². The summed E-state index contributed by atoms with van der Waals surface area (Å²) in [6, 6.07) is 14.9. The number of aromatic nitrogens is 4. The van der Waals surface area contributed by atoms with Gasteiger partial charge in [-0.2, -0.15) is 5.10 Å². The predicted molar refractivity (Wildman–Crippen MR) is 119 cm³/mol. The maximum Gasteiger partial charge on any atom is 0.270 e. The predicted octanol–water partition coefficient (Wildman–Crippen LogP) is 3.48. The number of para-hydroxylation sites is 2. The lowest BCUT2D eigenvalue weighted by molar-refractivity contribution is -0.132. The van der Waals surface area contributed by atoms with E-state index in [0.717, 1.165) is 34.5 Å². The molecule has 0 saturated heterocycles. The van der Waals surface area contributed by atoms with Crippen molar-refractivity contribution >= 4 is 28.5 Å². The van der Waals surface area contributed by atoms with Crippen molar-refractivity contribution < 1.29 is 4.79 Å². The Kier molecular flexibility index (Phi) is 5.03. The molecule has 0 aliphatic carbocycles. The van der Waals surface area contributed by atoms with E-state index >= 15 is 0 Å². The quantitative estimate of drug-likeness (QED) is 0.515. The Morgan fingerprint density at radius 1 is 1.13 bits per heavy atom. The molecule has 31 heavy (non-hydrogen) atoms. The van der Waals surface area contributed by atoms with Gasteiger partial charge in [-0.3, -0.25) is 14.7 Å². The van der Waals surface area contributed by atoms with Crippen molar-refractivity contribution in [1.29, 1.82) is 0 Å². The standard InChI is InChI=1S/C23H20ClN5O2/c24-15-7-5-14(6-8-15)22-16-13-29(12-11-17(16)27-28-22)21(30)10-9-20-23(31)26-19-4-2-1-3-18(19)25-20/h1-8H,9-13H2,(H,26,31)(H,27,28). The molecule has 2 N–H and O–H groups in total. The summed E-state index contributed by atoms with van der Waals surface area (Å²) in [5, 5.41) is 8.24. The number of carbonyl (C=O) groups is 1. The molecule has 1 aliphatic heterocycles. The van der Waals surface area contributed by atoms with Gasteiger partial charge in [0.25, 0.3) is 5.56 Å². The number of carbonyl (C=O) groups excluding carboxylic acids is 1. The average Bonchev–Trinajstić information content (AvgIpc) is 3.21. The van der Waals surface area contributed by atoms with Crippen LogP contribution in [0.3, 0.4) is 0 Å². The molecule has 1 aliphatic rings. The highest BCUT2D eigenvalue weighted by Gasteiger charge is 2.25. The summed E-state index contributed by atoms with van der Waals surface area (Å²) in [5.74, 6) is 0.00302. The summed E-state index contributed by atoms with van der Waals surface area (Å²) in [4.78, 5) is 34.3. The number of nitrogens with zero attached hydrogens (tertiary/aromatic N) is 3. The maximum absolute atomic E-state index is 12.9. The fraction of sp³-hybridized carbons (Fsp3) is 0.217. The number of aromatic amines is 2. The van der Waals surface area contributed by atoms with Crippen LogP contribution >= 0.6 is 11.6 Å². The van der Waals surface area contributed by atoms with Crippen LogP contribution in [-0.4, -0.2) is 37.5 Å². The monoisotopic (exact) mass is 433 g/mol. The highest BCUT2D eigenvalue weighted by molar-refractivity contribution is 6.30. The Morgan fingerprint density at radius 2 is 1.94 bits per heavy atom. The molecule has 1 amide bonds. The van der Waals surface area contributed by atoms with Gasteiger partial charge >= 0.3 is 0 Å². The third kappa shape index (κ3) is 3.84. The molecule has 0 bridgehead atoms. The average molecular weight is 434 g/mol. The van der Waals surface area contributed by atoms with Crippen molar-refractivity contribution in [3.63, 3.8) is 0 Å². The van der Waals surface area contributed by atoms with E-state index in [4.69, 9.17) is 11.6 Å². The van der Waals surface area contributed by atoms with Crippen molar-refractivity contribution in [2.45, 2.75) is 25.8 Å². The summed E-state index contributed by atoms with van der Waals surface area (Å²) in [5.41, 5.74) is 5.45. The number of fused-ring (bicyclic) bond motifs is 2. The largest absolute Gasteiger partial charge is 0.338 e. The molecule has 2 aromatic carbocycles. The van der Waals surface area contributed by atoms with Gasteiger partial charge in [0, 0.05) is 54.2 Å². The first-order valence-electron chi connectivity index (χ1n) is 10.2. The zero-order chi connectivity index (χ0) is 21.4. The van der Waals surface area contributed by atoms with Gasteiger partial charge in [0.15, 0.2) is 0 Å². The third-order valence-corrected chi connectivity index (χ3v) is 5.90. The fourth-order valence-electron chi connectivity index (χ4n) is 3.97. The molecule has 0 unspecified atom stereocenters. The lowest BCUT2D eigenvalue weighted by atomic mass is 10.0. The van der Waals surface area contributed by atoms with Crippen LogP contribution in [0.2, 0.25) is 5.02 Å². The molecule has 2 aromatic heterocycles. The smallest absolute Gasteiger partial charge is 0.270 e. The van der Waals surface area contributed by atoms with Gasteiger partial charge in [-0.05, 0) is 24.3 Å². The zero-order valence-electron chi connectivity index (χ0n) is 16.7. The Morgan fingerprint density at radius 3 is 2.77 bits per heavy atom. The topological polar surface area (TPSA) is 94.7 Å². The molecule has 0 spiro atoms. The highest BCUT2D eigenvalue weighted by atomic mass is 35.5. The second kappa shape index (κ2) is 8.00. The molecule has 0 atom stereocenters. The van der Waals surface area contributed by atoms with Gasteiger partial charge in [-0.25, -0.2) is 4.98 Å². The van der Waals surface area contributed by atoms with Gasteiger partial charge in [-0.15, -0.1) is 0 Å². The second-order valence-corrected chi connectivity index (χ2v) is 8.07. The first kappa shape index (κ1) is 19.5. The number of rotatable bonds is 4. The molecule has 5 rings (SSSR count). The van der Waals surface area contributed by atoms with Crippen LogP contribution < -0.4 is 5.56 Å². The van der Waals surface area contributed by atoms with Crippen molar-refractivity contribution in [3.8, 4) is 11.3 Å². The van der Waals surface area contributed by atoms with Crippen molar-refractivity contribution in [3.05, 3.63) is 80.9 Å². The Balaban J connectivity index is 1.31. The lowest BCUT2D eigenvalue weighted by Crippen LogP contribution is -2.36. The number of amides is 1. The zero-order valence-corrected chi connectivity index (χ0v) is 17.4. The normalized spacial score (nSPS) is 13.4. The Labute approximate surface area is 183 Å². The Hall–Kier alpha value is -3.45.